The van der Waals surface area contributed by atoms with Crippen LogP contribution in [0.3, 0.4) is 0 Å². The number of furan rings is 1. The minimum absolute atomic E-state index is 0.564. The van der Waals surface area contributed by atoms with Gasteiger partial charge in [0.15, 0.2) is 0 Å². The van der Waals surface area contributed by atoms with E-state index in [-0.39, 0.29) is 0 Å². The van der Waals surface area contributed by atoms with Gasteiger partial charge in [-0.2, -0.15) is 0 Å². The molecule has 0 radical (unpaired) electrons. The Morgan fingerprint density at radius 2 is 1.88 bits per heavy atom. The van der Waals surface area contributed by atoms with Gasteiger partial charge in [0.25, 0.3) is 0 Å². The van der Waals surface area contributed by atoms with Gasteiger partial charge in [0.1, 0.15) is 17.4 Å². The molecule has 1 N–H and O–H groups in total. The molecule has 0 aliphatic rings. The van der Waals surface area contributed by atoms with Crippen molar-refractivity contribution in [1.29, 1.82) is 0 Å². The second kappa shape index (κ2) is 3.35. The second-order valence-corrected chi connectivity index (χ2v) is 4.02. The predicted molar refractivity (Wildman–Crippen MR) is 64.4 cm³/mol. The van der Waals surface area contributed by atoms with Crippen molar-refractivity contribution >= 4 is 21.7 Å². The summed E-state index contributed by atoms with van der Waals surface area (Å²) >= 11 is 0. The summed E-state index contributed by atoms with van der Waals surface area (Å²) in [5.41, 5.74) is 0.828. The molecule has 0 spiro atoms. The van der Waals surface area contributed by atoms with Gasteiger partial charge in [0, 0.05) is 5.39 Å². The molecule has 0 saturated carbocycles. The summed E-state index contributed by atoms with van der Waals surface area (Å²) in [5.74, 6) is 0.617. The fourth-order valence-electron chi connectivity index (χ4n) is 2.02. The van der Waals surface area contributed by atoms with Crippen LogP contribution in [0, 0.1) is 0 Å². The van der Waals surface area contributed by atoms with Gasteiger partial charge in [-0.25, -0.2) is 0 Å². The highest BCUT2D eigenvalue weighted by Gasteiger charge is 2.10. The molecule has 0 aliphatic carbocycles. The molecular weight excluding hydrogens is 200 g/mol. The fourth-order valence-corrected chi connectivity index (χ4v) is 2.02. The first-order valence-corrected chi connectivity index (χ1v) is 5.35. The highest BCUT2D eigenvalue weighted by Crippen LogP contribution is 2.30. The van der Waals surface area contributed by atoms with Crippen LogP contribution < -0.4 is 0 Å². The maximum absolute atomic E-state index is 9.50. The van der Waals surface area contributed by atoms with Gasteiger partial charge in [-0.1, -0.05) is 30.3 Å². The molecule has 3 aromatic rings. The van der Waals surface area contributed by atoms with Crippen molar-refractivity contribution < 1.29 is 9.52 Å². The van der Waals surface area contributed by atoms with Crippen LogP contribution in [0.2, 0.25) is 0 Å². The molecular formula is C14H12O2. The molecule has 16 heavy (non-hydrogen) atoms. The molecule has 0 fully saturated rings. The van der Waals surface area contributed by atoms with E-state index in [1.54, 1.807) is 6.92 Å². The fraction of sp³-hybridized carbons (Fsp3) is 0.143. The quantitative estimate of drug-likeness (QED) is 0.668. The Balaban J connectivity index is 2.41. The van der Waals surface area contributed by atoms with E-state index < -0.39 is 6.10 Å². The first-order chi connectivity index (χ1) is 7.75. The lowest BCUT2D eigenvalue weighted by Crippen LogP contribution is -1.85. The molecule has 1 aromatic heterocycles. The molecule has 3 rings (SSSR count). The molecule has 80 valence electrons. The number of hydrogen-bond donors (Lipinski definition) is 1. The molecule has 0 bridgehead atoms. The smallest absolute Gasteiger partial charge is 0.135 e. The lowest BCUT2D eigenvalue weighted by Gasteiger charge is -1.96. The highest BCUT2D eigenvalue weighted by molar-refractivity contribution is 6.05. The van der Waals surface area contributed by atoms with Gasteiger partial charge in [0.05, 0.1) is 0 Å². The monoisotopic (exact) mass is 212 g/mol. The van der Waals surface area contributed by atoms with Gasteiger partial charge in [-0.15, -0.1) is 0 Å². The zero-order chi connectivity index (χ0) is 11.1. The average molecular weight is 212 g/mol. The van der Waals surface area contributed by atoms with Crippen molar-refractivity contribution in [2.24, 2.45) is 0 Å². The maximum Gasteiger partial charge on any atom is 0.135 e. The summed E-state index contributed by atoms with van der Waals surface area (Å²) < 4.78 is 5.59. The van der Waals surface area contributed by atoms with E-state index in [1.807, 2.05) is 30.3 Å². The molecule has 0 amide bonds. The van der Waals surface area contributed by atoms with Crippen LogP contribution in [-0.2, 0) is 0 Å². The number of rotatable bonds is 1. The van der Waals surface area contributed by atoms with Crippen LogP contribution in [0.5, 0.6) is 0 Å². The van der Waals surface area contributed by atoms with Crippen LogP contribution in [-0.4, -0.2) is 5.11 Å². The normalized spacial score (nSPS) is 13.4. The number of hydrogen-bond acceptors (Lipinski definition) is 2. The van der Waals surface area contributed by atoms with Crippen molar-refractivity contribution in [2.45, 2.75) is 13.0 Å². The summed E-state index contributed by atoms with van der Waals surface area (Å²) in [6, 6.07) is 14.1. The van der Waals surface area contributed by atoms with Crippen molar-refractivity contribution in [3.63, 3.8) is 0 Å². The lowest BCUT2D eigenvalue weighted by molar-refractivity contribution is 0.172. The summed E-state index contributed by atoms with van der Waals surface area (Å²) in [7, 11) is 0. The third-order valence-corrected chi connectivity index (χ3v) is 2.86. The van der Waals surface area contributed by atoms with Gasteiger partial charge in [-0.05, 0) is 29.8 Å². The lowest BCUT2D eigenvalue weighted by atomic mass is 10.1. The van der Waals surface area contributed by atoms with Gasteiger partial charge < -0.3 is 9.52 Å². The topological polar surface area (TPSA) is 33.4 Å². The van der Waals surface area contributed by atoms with Crippen molar-refractivity contribution in [1.82, 2.24) is 0 Å². The van der Waals surface area contributed by atoms with Crippen LogP contribution >= 0.6 is 0 Å². The third-order valence-electron chi connectivity index (χ3n) is 2.86. The Hall–Kier alpha value is -1.80. The van der Waals surface area contributed by atoms with Crippen molar-refractivity contribution in [2.75, 3.05) is 0 Å². The number of aliphatic hydroxyl groups is 1. The van der Waals surface area contributed by atoms with E-state index in [2.05, 4.69) is 12.1 Å². The van der Waals surface area contributed by atoms with E-state index in [9.17, 15) is 5.11 Å². The molecule has 1 atom stereocenters. The van der Waals surface area contributed by atoms with E-state index in [1.165, 1.54) is 5.39 Å². The highest BCUT2D eigenvalue weighted by atomic mass is 16.4. The van der Waals surface area contributed by atoms with Crippen molar-refractivity contribution in [3.8, 4) is 0 Å². The predicted octanol–water partition coefficient (Wildman–Crippen LogP) is 3.64. The molecule has 2 aromatic carbocycles. The van der Waals surface area contributed by atoms with Crippen LogP contribution in [0.25, 0.3) is 21.7 Å². The van der Waals surface area contributed by atoms with Crippen molar-refractivity contribution in [3.05, 3.63) is 48.2 Å². The molecule has 0 saturated heterocycles. The van der Waals surface area contributed by atoms with Gasteiger partial charge in [-0.3, -0.25) is 0 Å². The van der Waals surface area contributed by atoms with Crippen LogP contribution in [0.15, 0.2) is 46.9 Å². The summed E-state index contributed by atoms with van der Waals surface area (Å²) in [4.78, 5) is 0. The maximum atomic E-state index is 9.50. The van der Waals surface area contributed by atoms with E-state index in [4.69, 9.17) is 4.42 Å². The second-order valence-electron chi connectivity index (χ2n) is 4.02. The zero-order valence-corrected chi connectivity index (χ0v) is 8.97. The SMILES string of the molecule is CC(O)c1cc2c(ccc3ccccc32)o1. The summed E-state index contributed by atoms with van der Waals surface area (Å²) in [6.45, 7) is 1.71. The first kappa shape index (κ1) is 9.43. The van der Waals surface area contributed by atoms with E-state index in [0.29, 0.717) is 5.76 Å². The molecule has 2 nitrogen and oxygen atoms in total. The minimum Gasteiger partial charge on any atom is -0.458 e. The average Bonchev–Trinajstić information content (AvgIpc) is 2.73. The Morgan fingerprint density at radius 1 is 1.06 bits per heavy atom. The number of benzene rings is 2. The number of fused-ring (bicyclic) bond motifs is 3. The summed E-state index contributed by atoms with van der Waals surface area (Å²) in [6.07, 6.45) is -0.564. The van der Waals surface area contributed by atoms with Gasteiger partial charge in [0.2, 0.25) is 0 Å². The van der Waals surface area contributed by atoms with Crippen LogP contribution in [0.1, 0.15) is 18.8 Å². The Morgan fingerprint density at radius 3 is 2.69 bits per heavy atom. The zero-order valence-electron chi connectivity index (χ0n) is 8.97. The Bertz CT molecular complexity index is 650. The molecule has 1 unspecified atom stereocenters. The van der Waals surface area contributed by atoms with E-state index in [0.717, 1.165) is 16.4 Å². The Kier molecular flexibility index (Phi) is 1.98. The van der Waals surface area contributed by atoms with E-state index >= 15 is 0 Å². The summed E-state index contributed by atoms with van der Waals surface area (Å²) in [5, 5.41) is 12.9. The Labute approximate surface area is 93.1 Å². The van der Waals surface area contributed by atoms with Crippen LogP contribution in [0.4, 0.5) is 0 Å². The largest absolute Gasteiger partial charge is 0.458 e. The minimum atomic E-state index is -0.564. The third kappa shape index (κ3) is 1.31. The molecule has 1 heterocycles. The standard InChI is InChI=1S/C14H12O2/c1-9(15)14-8-12-11-5-3-2-4-10(11)6-7-13(12)16-14/h2-9,15H,1H3. The number of aliphatic hydroxyl groups excluding tert-OH is 1. The van der Waals surface area contributed by atoms with Gasteiger partial charge >= 0.3 is 0 Å². The first-order valence-electron chi connectivity index (χ1n) is 5.35. The molecule has 0 aliphatic heterocycles. The molecule has 2 heteroatoms.